The summed E-state index contributed by atoms with van der Waals surface area (Å²) in [6.07, 6.45) is 3.92. The van der Waals surface area contributed by atoms with Gasteiger partial charge in [0, 0.05) is 29.3 Å². The highest BCUT2D eigenvalue weighted by atomic mass is 32.1. The molecule has 0 atom stereocenters. The Morgan fingerprint density at radius 1 is 1.10 bits per heavy atom. The fraction of sp³-hybridized carbons (Fsp3) is 0.0625. The number of carbonyl (C=O) groups is 1. The van der Waals surface area contributed by atoms with Crippen molar-refractivity contribution in [1.82, 2.24) is 9.97 Å². The highest BCUT2D eigenvalue weighted by Crippen LogP contribution is 2.29. The van der Waals surface area contributed by atoms with Gasteiger partial charge in [-0.1, -0.05) is 30.3 Å². The molecule has 21 heavy (non-hydrogen) atoms. The number of hydrogen-bond acceptors (Lipinski definition) is 4. The molecule has 1 N–H and O–H groups in total. The molecule has 0 aliphatic carbocycles. The fourth-order valence-corrected chi connectivity index (χ4v) is 3.13. The molecule has 2 heterocycles. The third kappa shape index (κ3) is 2.98. The van der Waals surface area contributed by atoms with E-state index in [-0.39, 0.29) is 5.69 Å². The summed E-state index contributed by atoms with van der Waals surface area (Å²) in [5.74, 6) is -0.988. The van der Waals surface area contributed by atoms with Crippen molar-refractivity contribution in [2.75, 3.05) is 0 Å². The predicted octanol–water partition coefficient (Wildman–Crippen LogP) is 3.49. The first-order valence-corrected chi connectivity index (χ1v) is 7.23. The molecule has 0 bridgehead atoms. The van der Waals surface area contributed by atoms with Crippen LogP contribution in [0.2, 0.25) is 0 Å². The Morgan fingerprint density at radius 2 is 1.81 bits per heavy atom. The van der Waals surface area contributed by atoms with Gasteiger partial charge < -0.3 is 5.11 Å². The maximum absolute atomic E-state index is 11.4. The standard InChI is InChI=1S/C16H12N2O2S/c19-16(20)14-13(10-11-4-2-1-3-5-11)21-15(18-14)12-6-8-17-9-7-12/h1-9H,10H2,(H,19,20). The zero-order chi connectivity index (χ0) is 14.7. The first-order chi connectivity index (χ1) is 10.2. The van der Waals surface area contributed by atoms with E-state index in [0.717, 1.165) is 16.0 Å². The number of carboxylic acids is 1. The Labute approximate surface area is 125 Å². The number of thiazole rings is 1. The van der Waals surface area contributed by atoms with Gasteiger partial charge in [-0.05, 0) is 17.7 Å². The minimum Gasteiger partial charge on any atom is -0.476 e. The van der Waals surface area contributed by atoms with Gasteiger partial charge in [0.15, 0.2) is 5.69 Å². The first-order valence-electron chi connectivity index (χ1n) is 6.41. The summed E-state index contributed by atoms with van der Waals surface area (Å²) >= 11 is 1.42. The Hall–Kier alpha value is -2.53. The van der Waals surface area contributed by atoms with Crippen LogP contribution in [0.1, 0.15) is 20.9 Å². The highest BCUT2D eigenvalue weighted by Gasteiger charge is 2.18. The van der Waals surface area contributed by atoms with Crippen molar-refractivity contribution < 1.29 is 9.90 Å². The van der Waals surface area contributed by atoms with Crippen LogP contribution in [0.15, 0.2) is 54.9 Å². The van der Waals surface area contributed by atoms with Crippen LogP contribution >= 0.6 is 11.3 Å². The first kappa shape index (κ1) is 13.5. The number of hydrogen-bond donors (Lipinski definition) is 1. The average Bonchev–Trinajstić information content (AvgIpc) is 2.93. The average molecular weight is 296 g/mol. The number of nitrogens with zero attached hydrogens (tertiary/aromatic N) is 2. The van der Waals surface area contributed by atoms with Gasteiger partial charge in [-0.15, -0.1) is 11.3 Å². The van der Waals surface area contributed by atoms with E-state index in [2.05, 4.69) is 9.97 Å². The molecule has 4 nitrogen and oxygen atoms in total. The van der Waals surface area contributed by atoms with Crippen LogP contribution in [0.25, 0.3) is 10.6 Å². The van der Waals surface area contributed by atoms with Crippen molar-refractivity contribution in [1.29, 1.82) is 0 Å². The molecule has 0 fully saturated rings. The third-order valence-corrected chi connectivity index (χ3v) is 4.14. The Balaban J connectivity index is 2.00. The summed E-state index contributed by atoms with van der Waals surface area (Å²) in [7, 11) is 0. The molecule has 0 radical (unpaired) electrons. The molecule has 0 unspecified atom stereocenters. The molecule has 0 aliphatic heterocycles. The molecule has 3 rings (SSSR count). The number of aromatic carboxylic acids is 1. The van der Waals surface area contributed by atoms with Gasteiger partial charge in [0.1, 0.15) is 5.01 Å². The molecule has 1 aromatic carbocycles. The lowest BCUT2D eigenvalue weighted by molar-refractivity contribution is 0.0690. The number of aromatic nitrogens is 2. The molecular formula is C16H12N2O2S. The van der Waals surface area contributed by atoms with Crippen LogP contribution in [0, 0.1) is 0 Å². The number of benzene rings is 1. The molecule has 3 aromatic rings. The van der Waals surface area contributed by atoms with Crippen LogP contribution in [-0.4, -0.2) is 21.0 Å². The van der Waals surface area contributed by atoms with Crippen molar-refractivity contribution in [2.45, 2.75) is 6.42 Å². The van der Waals surface area contributed by atoms with E-state index >= 15 is 0 Å². The number of carboxylic acid groups (broad SMARTS) is 1. The lowest BCUT2D eigenvalue weighted by atomic mass is 10.1. The number of rotatable bonds is 4. The zero-order valence-corrected chi connectivity index (χ0v) is 11.9. The second-order valence-electron chi connectivity index (χ2n) is 4.49. The quantitative estimate of drug-likeness (QED) is 0.800. The maximum Gasteiger partial charge on any atom is 0.355 e. The normalized spacial score (nSPS) is 10.5. The molecule has 2 aromatic heterocycles. The Morgan fingerprint density at radius 3 is 2.48 bits per heavy atom. The summed E-state index contributed by atoms with van der Waals surface area (Å²) in [5.41, 5.74) is 2.09. The van der Waals surface area contributed by atoms with Gasteiger partial charge in [-0.25, -0.2) is 9.78 Å². The minimum atomic E-state index is -0.988. The predicted molar refractivity (Wildman–Crippen MR) is 81.6 cm³/mol. The molecule has 104 valence electrons. The molecule has 0 spiro atoms. The molecular weight excluding hydrogens is 284 g/mol. The van der Waals surface area contributed by atoms with Crippen molar-refractivity contribution in [3.8, 4) is 10.6 Å². The van der Waals surface area contributed by atoms with E-state index in [1.165, 1.54) is 11.3 Å². The van der Waals surface area contributed by atoms with Crippen molar-refractivity contribution in [3.05, 3.63) is 71.0 Å². The van der Waals surface area contributed by atoms with E-state index in [1.807, 2.05) is 42.5 Å². The van der Waals surface area contributed by atoms with E-state index in [4.69, 9.17) is 0 Å². The Kier molecular flexibility index (Phi) is 3.75. The summed E-state index contributed by atoms with van der Waals surface area (Å²) < 4.78 is 0. The summed E-state index contributed by atoms with van der Waals surface area (Å²) in [6.45, 7) is 0. The van der Waals surface area contributed by atoms with Gasteiger partial charge in [0.25, 0.3) is 0 Å². The fourth-order valence-electron chi connectivity index (χ4n) is 2.04. The molecule has 5 heteroatoms. The molecule has 0 saturated carbocycles. The van der Waals surface area contributed by atoms with Gasteiger partial charge in [0.05, 0.1) is 0 Å². The second-order valence-corrected chi connectivity index (χ2v) is 5.58. The monoisotopic (exact) mass is 296 g/mol. The van der Waals surface area contributed by atoms with Gasteiger partial charge in [-0.3, -0.25) is 4.98 Å². The summed E-state index contributed by atoms with van der Waals surface area (Å²) in [6, 6.07) is 13.5. The largest absolute Gasteiger partial charge is 0.476 e. The summed E-state index contributed by atoms with van der Waals surface area (Å²) in [4.78, 5) is 20.4. The van der Waals surface area contributed by atoms with Crippen molar-refractivity contribution >= 4 is 17.3 Å². The van der Waals surface area contributed by atoms with Crippen LogP contribution in [0.5, 0.6) is 0 Å². The van der Waals surface area contributed by atoms with E-state index in [1.54, 1.807) is 12.4 Å². The lowest BCUT2D eigenvalue weighted by Gasteiger charge is -1.98. The maximum atomic E-state index is 11.4. The Bertz CT molecular complexity index is 754. The van der Waals surface area contributed by atoms with Crippen molar-refractivity contribution in [2.24, 2.45) is 0 Å². The smallest absolute Gasteiger partial charge is 0.355 e. The third-order valence-electron chi connectivity index (χ3n) is 3.03. The molecule has 0 saturated heterocycles. The van der Waals surface area contributed by atoms with E-state index in [0.29, 0.717) is 11.4 Å². The van der Waals surface area contributed by atoms with Crippen LogP contribution in [0.4, 0.5) is 0 Å². The van der Waals surface area contributed by atoms with Gasteiger partial charge in [0.2, 0.25) is 0 Å². The molecule has 0 amide bonds. The van der Waals surface area contributed by atoms with Crippen LogP contribution < -0.4 is 0 Å². The second kappa shape index (κ2) is 5.85. The zero-order valence-electron chi connectivity index (χ0n) is 11.1. The minimum absolute atomic E-state index is 0.135. The summed E-state index contributed by atoms with van der Waals surface area (Å²) in [5, 5.41) is 10.0. The molecule has 0 aliphatic rings. The van der Waals surface area contributed by atoms with E-state index in [9.17, 15) is 9.90 Å². The van der Waals surface area contributed by atoms with Gasteiger partial charge in [-0.2, -0.15) is 0 Å². The lowest BCUT2D eigenvalue weighted by Crippen LogP contribution is -2.01. The number of pyridine rings is 1. The highest BCUT2D eigenvalue weighted by molar-refractivity contribution is 7.15. The van der Waals surface area contributed by atoms with E-state index < -0.39 is 5.97 Å². The van der Waals surface area contributed by atoms with Gasteiger partial charge >= 0.3 is 5.97 Å². The topological polar surface area (TPSA) is 63.1 Å². The van der Waals surface area contributed by atoms with Crippen LogP contribution in [-0.2, 0) is 6.42 Å². The SMILES string of the molecule is O=C(O)c1nc(-c2ccncc2)sc1Cc1ccccc1. The van der Waals surface area contributed by atoms with Crippen molar-refractivity contribution in [3.63, 3.8) is 0 Å². The van der Waals surface area contributed by atoms with Crippen LogP contribution in [0.3, 0.4) is 0 Å².